The van der Waals surface area contributed by atoms with Crippen molar-refractivity contribution in [1.29, 1.82) is 0 Å². The second-order valence-corrected chi connectivity index (χ2v) is 10.1. The summed E-state index contributed by atoms with van der Waals surface area (Å²) in [6, 6.07) is 15.1. The molecule has 1 aliphatic heterocycles. The fourth-order valence-corrected chi connectivity index (χ4v) is 3.99. The molecule has 1 fully saturated rings. The van der Waals surface area contributed by atoms with Crippen LogP contribution in [0.5, 0.6) is 5.75 Å². The summed E-state index contributed by atoms with van der Waals surface area (Å²) in [5.74, 6) is 0.470. The SMILES string of the molecule is CC(C)(C)c1cc(CN2CCN(c3ccccc3)CC2)cc(C(C)(C)C)c1O. The first-order chi connectivity index (χ1) is 13.1. The number of rotatable bonds is 3. The van der Waals surface area contributed by atoms with Crippen LogP contribution in [0.2, 0.25) is 0 Å². The third-order valence-electron chi connectivity index (χ3n) is 5.69. The zero-order valence-electron chi connectivity index (χ0n) is 18.4. The average Bonchev–Trinajstić information content (AvgIpc) is 2.62. The van der Waals surface area contributed by atoms with Crippen molar-refractivity contribution in [3.05, 3.63) is 59.2 Å². The van der Waals surface area contributed by atoms with Gasteiger partial charge in [-0.3, -0.25) is 4.90 Å². The molecule has 1 heterocycles. The van der Waals surface area contributed by atoms with E-state index in [0.717, 1.165) is 43.9 Å². The number of aromatic hydroxyl groups is 1. The van der Waals surface area contributed by atoms with Gasteiger partial charge in [0, 0.05) is 38.4 Å². The zero-order chi connectivity index (χ0) is 20.5. The molecule has 0 spiro atoms. The lowest BCUT2D eigenvalue weighted by atomic mass is 9.78. The largest absolute Gasteiger partial charge is 0.507 e. The second kappa shape index (κ2) is 7.79. The van der Waals surface area contributed by atoms with Crippen LogP contribution in [0.25, 0.3) is 0 Å². The van der Waals surface area contributed by atoms with Crippen molar-refractivity contribution >= 4 is 5.69 Å². The summed E-state index contributed by atoms with van der Waals surface area (Å²) in [4.78, 5) is 5.00. The molecule has 3 rings (SSSR count). The predicted molar refractivity (Wildman–Crippen MR) is 119 cm³/mol. The summed E-state index contributed by atoms with van der Waals surface area (Å²) in [6.07, 6.45) is 0. The number of nitrogens with zero attached hydrogens (tertiary/aromatic N) is 2. The van der Waals surface area contributed by atoms with Crippen LogP contribution in [0, 0.1) is 0 Å². The van der Waals surface area contributed by atoms with Crippen LogP contribution in [-0.4, -0.2) is 36.2 Å². The van der Waals surface area contributed by atoms with Crippen LogP contribution < -0.4 is 4.90 Å². The molecular weight excluding hydrogens is 344 g/mol. The molecule has 28 heavy (non-hydrogen) atoms. The van der Waals surface area contributed by atoms with Gasteiger partial charge in [0.2, 0.25) is 0 Å². The van der Waals surface area contributed by atoms with Gasteiger partial charge in [-0.2, -0.15) is 0 Å². The molecule has 0 amide bonds. The summed E-state index contributed by atoms with van der Waals surface area (Å²) in [6.45, 7) is 18.2. The molecule has 1 aliphatic rings. The van der Waals surface area contributed by atoms with Crippen molar-refractivity contribution < 1.29 is 5.11 Å². The predicted octanol–water partition coefficient (Wildman–Crippen LogP) is 5.31. The molecule has 0 atom stereocenters. The van der Waals surface area contributed by atoms with E-state index in [2.05, 4.69) is 93.8 Å². The molecule has 0 bridgehead atoms. The molecule has 0 saturated carbocycles. The number of para-hydroxylation sites is 1. The minimum absolute atomic E-state index is 0.0773. The van der Waals surface area contributed by atoms with Crippen molar-refractivity contribution in [2.24, 2.45) is 0 Å². The van der Waals surface area contributed by atoms with Crippen LogP contribution in [0.1, 0.15) is 58.2 Å². The smallest absolute Gasteiger partial charge is 0.123 e. The van der Waals surface area contributed by atoms with Crippen LogP contribution in [-0.2, 0) is 17.4 Å². The van der Waals surface area contributed by atoms with Gasteiger partial charge >= 0.3 is 0 Å². The lowest BCUT2D eigenvalue weighted by molar-refractivity contribution is 0.249. The van der Waals surface area contributed by atoms with Gasteiger partial charge in [0.05, 0.1) is 0 Å². The molecule has 152 valence electrons. The Labute approximate surface area is 171 Å². The number of phenols is 1. The molecule has 0 aromatic heterocycles. The molecule has 3 heteroatoms. The fourth-order valence-electron chi connectivity index (χ4n) is 3.99. The highest BCUT2D eigenvalue weighted by Crippen LogP contribution is 2.40. The molecule has 1 saturated heterocycles. The van der Waals surface area contributed by atoms with Gasteiger partial charge in [-0.15, -0.1) is 0 Å². The lowest BCUT2D eigenvalue weighted by Crippen LogP contribution is -2.46. The van der Waals surface area contributed by atoms with E-state index in [9.17, 15) is 5.11 Å². The molecule has 0 aliphatic carbocycles. The standard InChI is InChI=1S/C25H36N2O/c1-24(2,3)21-16-19(17-22(23(21)28)25(4,5)6)18-26-12-14-27(15-13-26)20-10-8-7-9-11-20/h7-11,16-17,28H,12-15,18H2,1-6H3. The van der Waals surface area contributed by atoms with Gasteiger partial charge in [0.1, 0.15) is 5.75 Å². The maximum Gasteiger partial charge on any atom is 0.123 e. The first-order valence-corrected chi connectivity index (χ1v) is 10.4. The number of benzene rings is 2. The topological polar surface area (TPSA) is 26.7 Å². The summed E-state index contributed by atoms with van der Waals surface area (Å²) < 4.78 is 0. The molecule has 3 nitrogen and oxygen atoms in total. The van der Waals surface area contributed by atoms with E-state index in [-0.39, 0.29) is 10.8 Å². The van der Waals surface area contributed by atoms with Gasteiger partial charge in [-0.1, -0.05) is 71.9 Å². The van der Waals surface area contributed by atoms with Crippen LogP contribution >= 0.6 is 0 Å². The summed E-state index contributed by atoms with van der Waals surface area (Å²) in [5.41, 5.74) is 4.58. The van der Waals surface area contributed by atoms with Crippen LogP contribution in [0.15, 0.2) is 42.5 Å². The summed E-state index contributed by atoms with van der Waals surface area (Å²) in [5, 5.41) is 10.9. The van der Waals surface area contributed by atoms with Gasteiger partial charge in [0.15, 0.2) is 0 Å². The highest BCUT2D eigenvalue weighted by molar-refractivity contribution is 5.50. The van der Waals surface area contributed by atoms with Crippen molar-refractivity contribution in [2.45, 2.75) is 58.9 Å². The summed E-state index contributed by atoms with van der Waals surface area (Å²) in [7, 11) is 0. The van der Waals surface area contributed by atoms with E-state index in [1.165, 1.54) is 11.3 Å². The number of hydrogen-bond donors (Lipinski definition) is 1. The Morgan fingerprint density at radius 2 is 1.29 bits per heavy atom. The fraction of sp³-hybridized carbons (Fsp3) is 0.520. The minimum atomic E-state index is -0.0773. The Morgan fingerprint density at radius 3 is 1.75 bits per heavy atom. The Bertz CT molecular complexity index is 757. The van der Waals surface area contributed by atoms with Gasteiger partial charge in [-0.25, -0.2) is 0 Å². The summed E-state index contributed by atoms with van der Waals surface area (Å²) >= 11 is 0. The Balaban J connectivity index is 1.77. The first kappa shape index (κ1) is 20.7. The average molecular weight is 381 g/mol. The monoisotopic (exact) mass is 380 g/mol. The number of phenolic OH excluding ortho intramolecular Hbond substituents is 1. The lowest BCUT2D eigenvalue weighted by Gasteiger charge is -2.36. The van der Waals surface area contributed by atoms with Crippen molar-refractivity contribution in [3.8, 4) is 5.75 Å². The van der Waals surface area contributed by atoms with E-state index < -0.39 is 0 Å². The zero-order valence-corrected chi connectivity index (χ0v) is 18.4. The molecule has 0 unspecified atom stereocenters. The molecule has 2 aromatic rings. The van der Waals surface area contributed by atoms with E-state index in [1.54, 1.807) is 0 Å². The quantitative estimate of drug-likeness (QED) is 0.782. The first-order valence-electron chi connectivity index (χ1n) is 10.4. The third-order valence-corrected chi connectivity index (χ3v) is 5.69. The maximum atomic E-state index is 10.9. The molecule has 1 N–H and O–H groups in total. The molecule has 2 aromatic carbocycles. The normalized spacial score (nSPS) is 16.4. The van der Waals surface area contributed by atoms with Crippen molar-refractivity contribution in [3.63, 3.8) is 0 Å². The van der Waals surface area contributed by atoms with Crippen molar-refractivity contribution in [2.75, 3.05) is 31.1 Å². The van der Waals surface area contributed by atoms with Gasteiger partial charge in [0.25, 0.3) is 0 Å². The van der Waals surface area contributed by atoms with Crippen molar-refractivity contribution in [1.82, 2.24) is 4.90 Å². The molecular formula is C25H36N2O. The van der Waals surface area contributed by atoms with E-state index in [0.29, 0.717) is 5.75 Å². The van der Waals surface area contributed by atoms with Gasteiger partial charge < -0.3 is 10.0 Å². The Kier molecular flexibility index (Phi) is 5.77. The Hall–Kier alpha value is -2.00. The molecule has 0 radical (unpaired) electrons. The highest BCUT2D eigenvalue weighted by atomic mass is 16.3. The van der Waals surface area contributed by atoms with Crippen LogP contribution in [0.4, 0.5) is 5.69 Å². The maximum absolute atomic E-state index is 10.9. The Morgan fingerprint density at radius 1 is 0.786 bits per heavy atom. The number of piperazine rings is 1. The van der Waals surface area contributed by atoms with E-state index >= 15 is 0 Å². The van der Waals surface area contributed by atoms with Crippen LogP contribution in [0.3, 0.4) is 0 Å². The number of anilines is 1. The minimum Gasteiger partial charge on any atom is -0.507 e. The van der Waals surface area contributed by atoms with E-state index in [1.807, 2.05) is 0 Å². The third kappa shape index (κ3) is 4.70. The number of hydrogen-bond acceptors (Lipinski definition) is 3. The highest BCUT2D eigenvalue weighted by Gasteiger charge is 2.27. The van der Waals surface area contributed by atoms with Gasteiger partial charge in [-0.05, 0) is 39.7 Å². The van der Waals surface area contributed by atoms with E-state index in [4.69, 9.17) is 0 Å². The second-order valence-electron chi connectivity index (χ2n) is 10.1.